The maximum absolute atomic E-state index is 9.04. The van der Waals surface area contributed by atoms with E-state index in [2.05, 4.69) is 22.4 Å². The van der Waals surface area contributed by atoms with Crippen LogP contribution in [0.25, 0.3) is 5.69 Å². The summed E-state index contributed by atoms with van der Waals surface area (Å²) in [4.78, 5) is 4.04. The molecule has 1 aliphatic carbocycles. The molecule has 1 heterocycles. The monoisotopic (exact) mass is 238 g/mol. The van der Waals surface area contributed by atoms with Crippen molar-refractivity contribution in [1.29, 1.82) is 5.26 Å². The molecule has 0 spiro atoms. The van der Waals surface area contributed by atoms with Crippen LogP contribution in [0.2, 0.25) is 0 Å². The molecule has 0 saturated heterocycles. The molecule has 3 rings (SSSR count). The van der Waals surface area contributed by atoms with Crippen LogP contribution >= 0.6 is 0 Å². The Morgan fingerprint density at radius 1 is 1.39 bits per heavy atom. The fraction of sp³-hybridized carbons (Fsp3) is 0.286. The van der Waals surface area contributed by atoms with E-state index in [0.29, 0.717) is 11.9 Å². The molecule has 0 amide bonds. The van der Waals surface area contributed by atoms with Gasteiger partial charge in [-0.3, -0.25) is 4.57 Å². The Bertz CT molecular complexity index is 590. The van der Waals surface area contributed by atoms with E-state index in [-0.39, 0.29) is 0 Å². The highest BCUT2D eigenvalue weighted by Gasteiger charge is 2.20. The number of hydrogen-bond donors (Lipinski definition) is 1. The third kappa shape index (κ3) is 2.13. The summed E-state index contributed by atoms with van der Waals surface area (Å²) in [5, 5.41) is 12.5. The van der Waals surface area contributed by atoms with Gasteiger partial charge in [0.05, 0.1) is 5.69 Å². The van der Waals surface area contributed by atoms with Crippen molar-refractivity contribution in [2.45, 2.75) is 25.4 Å². The number of nitriles is 1. The Hall–Kier alpha value is -2.12. The van der Waals surface area contributed by atoms with Gasteiger partial charge in [0, 0.05) is 25.0 Å². The van der Waals surface area contributed by atoms with E-state index in [1.807, 2.05) is 29.0 Å². The average molecular weight is 238 g/mol. The van der Waals surface area contributed by atoms with Gasteiger partial charge in [-0.25, -0.2) is 4.98 Å². The number of nitrogens with one attached hydrogen (secondary N) is 1. The molecule has 18 heavy (non-hydrogen) atoms. The fourth-order valence-electron chi connectivity index (χ4n) is 2.02. The highest BCUT2D eigenvalue weighted by Crippen LogP contribution is 2.21. The predicted molar refractivity (Wildman–Crippen MR) is 68.1 cm³/mol. The van der Waals surface area contributed by atoms with Gasteiger partial charge in [0.1, 0.15) is 6.07 Å². The first-order valence-electron chi connectivity index (χ1n) is 6.13. The van der Waals surface area contributed by atoms with Crippen molar-refractivity contribution in [2.75, 3.05) is 0 Å². The normalized spacial score (nSPS) is 14.4. The Balaban J connectivity index is 1.92. The Morgan fingerprint density at radius 3 is 3.00 bits per heavy atom. The summed E-state index contributed by atoms with van der Waals surface area (Å²) >= 11 is 0. The lowest BCUT2D eigenvalue weighted by Crippen LogP contribution is -2.17. The summed E-state index contributed by atoms with van der Waals surface area (Å²) in [6, 6.07) is 10.9. The van der Waals surface area contributed by atoms with E-state index in [9.17, 15) is 0 Å². The second-order valence-corrected chi connectivity index (χ2v) is 4.52. The molecule has 0 aliphatic heterocycles. The summed E-state index contributed by atoms with van der Waals surface area (Å²) < 4.78 is 1.84. The molecular weight excluding hydrogens is 224 g/mol. The van der Waals surface area contributed by atoms with E-state index in [4.69, 9.17) is 5.26 Å². The summed E-state index contributed by atoms with van der Waals surface area (Å²) in [5.41, 5.74) is 2.22. The third-order valence-electron chi connectivity index (χ3n) is 3.15. The van der Waals surface area contributed by atoms with Crippen LogP contribution in [0.15, 0.2) is 36.7 Å². The molecule has 0 unspecified atom stereocenters. The Kier molecular flexibility index (Phi) is 2.83. The van der Waals surface area contributed by atoms with Gasteiger partial charge in [-0.2, -0.15) is 5.26 Å². The first-order chi connectivity index (χ1) is 8.88. The highest BCUT2D eigenvalue weighted by molar-refractivity contribution is 5.43. The molecule has 1 saturated carbocycles. The minimum Gasteiger partial charge on any atom is -0.310 e. The van der Waals surface area contributed by atoms with Crippen molar-refractivity contribution < 1.29 is 0 Å². The highest BCUT2D eigenvalue weighted by atomic mass is 15.1. The molecule has 0 atom stereocenters. The zero-order valence-corrected chi connectivity index (χ0v) is 10.0. The first-order valence-corrected chi connectivity index (χ1v) is 6.13. The zero-order chi connectivity index (χ0) is 12.4. The molecule has 0 radical (unpaired) electrons. The van der Waals surface area contributed by atoms with Crippen LogP contribution in [0.5, 0.6) is 0 Å². The minimum absolute atomic E-state index is 0.425. The van der Waals surface area contributed by atoms with Gasteiger partial charge in [-0.1, -0.05) is 18.2 Å². The lowest BCUT2D eigenvalue weighted by atomic mass is 10.1. The lowest BCUT2D eigenvalue weighted by molar-refractivity contribution is 0.684. The molecule has 1 aromatic carbocycles. The summed E-state index contributed by atoms with van der Waals surface area (Å²) in [5.74, 6) is 0.425. The average Bonchev–Trinajstić information content (AvgIpc) is 3.12. The number of nitrogens with zero attached hydrogens (tertiary/aromatic N) is 3. The van der Waals surface area contributed by atoms with Crippen molar-refractivity contribution >= 4 is 0 Å². The van der Waals surface area contributed by atoms with E-state index in [1.54, 1.807) is 6.20 Å². The molecule has 1 fully saturated rings. The Morgan fingerprint density at radius 2 is 2.22 bits per heavy atom. The van der Waals surface area contributed by atoms with Gasteiger partial charge in [0.15, 0.2) is 0 Å². The smallest absolute Gasteiger partial charge is 0.217 e. The SMILES string of the molecule is N#Cc1nccn1-c1ccccc1CNC1CC1. The van der Waals surface area contributed by atoms with Crippen LogP contribution in [0.3, 0.4) is 0 Å². The molecule has 1 aromatic heterocycles. The van der Waals surface area contributed by atoms with Gasteiger partial charge in [-0.05, 0) is 24.5 Å². The number of benzene rings is 1. The van der Waals surface area contributed by atoms with Crippen LogP contribution < -0.4 is 5.32 Å². The van der Waals surface area contributed by atoms with Gasteiger partial charge in [0.25, 0.3) is 0 Å². The molecule has 1 aliphatic rings. The van der Waals surface area contributed by atoms with Gasteiger partial charge >= 0.3 is 0 Å². The van der Waals surface area contributed by atoms with Crippen molar-refractivity contribution in [3.8, 4) is 11.8 Å². The molecule has 4 nitrogen and oxygen atoms in total. The van der Waals surface area contributed by atoms with Crippen molar-refractivity contribution in [2.24, 2.45) is 0 Å². The summed E-state index contributed by atoms with van der Waals surface area (Å²) in [6.45, 7) is 0.837. The molecule has 0 bridgehead atoms. The van der Waals surface area contributed by atoms with E-state index in [0.717, 1.165) is 12.2 Å². The zero-order valence-electron chi connectivity index (χ0n) is 10.0. The lowest BCUT2D eigenvalue weighted by Gasteiger charge is -2.11. The minimum atomic E-state index is 0.425. The van der Waals surface area contributed by atoms with Crippen molar-refractivity contribution in [1.82, 2.24) is 14.9 Å². The summed E-state index contributed by atoms with van der Waals surface area (Å²) in [6.07, 6.45) is 6.03. The van der Waals surface area contributed by atoms with E-state index < -0.39 is 0 Å². The van der Waals surface area contributed by atoms with Crippen molar-refractivity contribution in [3.05, 3.63) is 48.0 Å². The first kappa shape index (κ1) is 11.0. The second kappa shape index (κ2) is 4.63. The van der Waals surface area contributed by atoms with Gasteiger partial charge in [-0.15, -0.1) is 0 Å². The molecule has 90 valence electrons. The molecule has 1 N–H and O–H groups in total. The number of para-hydroxylation sites is 1. The second-order valence-electron chi connectivity index (χ2n) is 4.52. The molecular formula is C14H14N4. The van der Waals surface area contributed by atoms with Crippen LogP contribution in [0.1, 0.15) is 24.2 Å². The van der Waals surface area contributed by atoms with E-state index in [1.165, 1.54) is 18.4 Å². The fourth-order valence-corrected chi connectivity index (χ4v) is 2.02. The van der Waals surface area contributed by atoms with Crippen LogP contribution in [0, 0.1) is 11.3 Å². The topological polar surface area (TPSA) is 53.6 Å². The largest absolute Gasteiger partial charge is 0.310 e. The maximum Gasteiger partial charge on any atom is 0.217 e. The molecule has 2 aromatic rings. The van der Waals surface area contributed by atoms with E-state index >= 15 is 0 Å². The number of rotatable bonds is 4. The quantitative estimate of drug-likeness (QED) is 0.886. The predicted octanol–water partition coefficient (Wildman–Crippen LogP) is 2.00. The van der Waals surface area contributed by atoms with Crippen LogP contribution in [0.4, 0.5) is 0 Å². The summed E-state index contributed by atoms with van der Waals surface area (Å²) in [7, 11) is 0. The molecule has 4 heteroatoms. The number of hydrogen-bond acceptors (Lipinski definition) is 3. The van der Waals surface area contributed by atoms with Gasteiger partial charge < -0.3 is 5.32 Å². The number of imidazole rings is 1. The van der Waals surface area contributed by atoms with Crippen molar-refractivity contribution in [3.63, 3.8) is 0 Å². The Labute approximate surface area is 106 Å². The van der Waals surface area contributed by atoms with Crippen LogP contribution in [-0.4, -0.2) is 15.6 Å². The third-order valence-corrected chi connectivity index (χ3v) is 3.15. The van der Waals surface area contributed by atoms with Crippen LogP contribution in [-0.2, 0) is 6.54 Å². The maximum atomic E-state index is 9.04. The number of aromatic nitrogens is 2. The standard InChI is InChI=1S/C14H14N4/c15-9-14-16-7-8-18(14)13-4-2-1-3-11(13)10-17-12-5-6-12/h1-4,7-8,12,17H,5-6,10H2. The van der Waals surface area contributed by atoms with Gasteiger partial charge in [0.2, 0.25) is 5.82 Å².